The van der Waals surface area contributed by atoms with Crippen LogP contribution in [-0.4, -0.2) is 11.8 Å². The maximum Gasteiger partial charge on any atom is 0.0499 e. The van der Waals surface area contributed by atoms with Crippen molar-refractivity contribution in [2.24, 2.45) is 4.99 Å². The Bertz CT molecular complexity index is 148. The number of hydrogen-bond acceptors (Lipinski definition) is 1. The highest BCUT2D eigenvalue weighted by molar-refractivity contribution is 5.85. The SMILES string of the molecule is C1CCC(=NC2CCC2)CC1. The van der Waals surface area contributed by atoms with Crippen molar-refractivity contribution >= 4 is 5.71 Å². The third-order valence-electron chi connectivity index (χ3n) is 2.87. The van der Waals surface area contributed by atoms with Crippen molar-refractivity contribution in [3.63, 3.8) is 0 Å². The third-order valence-corrected chi connectivity index (χ3v) is 2.87. The van der Waals surface area contributed by atoms with Crippen LogP contribution in [-0.2, 0) is 0 Å². The summed E-state index contributed by atoms with van der Waals surface area (Å²) in [7, 11) is 0. The smallest absolute Gasteiger partial charge is 0.0499 e. The molecule has 1 nitrogen and oxygen atoms in total. The van der Waals surface area contributed by atoms with Crippen LogP contribution in [0.15, 0.2) is 4.99 Å². The third kappa shape index (κ3) is 1.82. The fourth-order valence-corrected chi connectivity index (χ4v) is 1.86. The molecule has 0 heterocycles. The number of nitrogens with zero attached hydrogens (tertiary/aromatic N) is 1. The number of rotatable bonds is 1. The van der Waals surface area contributed by atoms with Gasteiger partial charge in [-0.2, -0.15) is 0 Å². The summed E-state index contributed by atoms with van der Waals surface area (Å²) < 4.78 is 0. The van der Waals surface area contributed by atoms with Crippen LogP contribution in [0.3, 0.4) is 0 Å². The van der Waals surface area contributed by atoms with Gasteiger partial charge in [0.15, 0.2) is 0 Å². The molecule has 0 aromatic carbocycles. The van der Waals surface area contributed by atoms with E-state index in [1.807, 2.05) is 0 Å². The molecular weight excluding hydrogens is 134 g/mol. The van der Waals surface area contributed by atoms with Crippen LogP contribution in [0.25, 0.3) is 0 Å². The molecule has 2 aliphatic rings. The van der Waals surface area contributed by atoms with Gasteiger partial charge in [-0.25, -0.2) is 0 Å². The van der Waals surface area contributed by atoms with E-state index in [-0.39, 0.29) is 0 Å². The molecule has 62 valence electrons. The van der Waals surface area contributed by atoms with Crippen LogP contribution in [0.2, 0.25) is 0 Å². The van der Waals surface area contributed by atoms with Crippen LogP contribution in [0, 0.1) is 0 Å². The summed E-state index contributed by atoms with van der Waals surface area (Å²) in [5.41, 5.74) is 1.53. The predicted molar refractivity (Wildman–Crippen MR) is 48.2 cm³/mol. The lowest BCUT2D eigenvalue weighted by molar-refractivity contribution is 0.417. The van der Waals surface area contributed by atoms with Crippen LogP contribution in [0.5, 0.6) is 0 Å². The first-order chi connectivity index (χ1) is 5.45. The first-order valence-corrected chi connectivity index (χ1v) is 5.01. The van der Waals surface area contributed by atoms with Gasteiger partial charge < -0.3 is 0 Å². The van der Waals surface area contributed by atoms with Crippen molar-refractivity contribution in [2.75, 3.05) is 0 Å². The fraction of sp³-hybridized carbons (Fsp3) is 0.900. The largest absolute Gasteiger partial charge is 0.291 e. The van der Waals surface area contributed by atoms with Gasteiger partial charge in [0.05, 0.1) is 0 Å². The zero-order chi connectivity index (χ0) is 7.52. The average Bonchev–Trinajstić information content (AvgIpc) is 1.99. The van der Waals surface area contributed by atoms with Crippen molar-refractivity contribution < 1.29 is 0 Å². The molecule has 0 radical (unpaired) electrons. The summed E-state index contributed by atoms with van der Waals surface area (Å²) >= 11 is 0. The van der Waals surface area contributed by atoms with E-state index >= 15 is 0 Å². The maximum atomic E-state index is 4.76. The summed E-state index contributed by atoms with van der Waals surface area (Å²) in [5, 5.41) is 0. The quantitative estimate of drug-likeness (QED) is 0.546. The van der Waals surface area contributed by atoms with Crippen molar-refractivity contribution in [3.05, 3.63) is 0 Å². The molecule has 2 saturated carbocycles. The minimum Gasteiger partial charge on any atom is -0.291 e. The normalized spacial score (nSPS) is 26.4. The Balaban J connectivity index is 1.85. The Hall–Kier alpha value is -0.330. The van der Waals surface area contributed by atoms with E-state index in [1.54, 1.807) is 0 Å². The summed E-state index contributed by atoms with van der Waals surface area (Å²) in [6, 6.07) is 0.739. The van der Waals surface area contributed by atoms with Gasteiger partial charge in [0, 0.05) is 11.8 Å². The molecule has 0 spiro atoms. The van der Waals surface area contributed by atoms with Crippen molar-refractivity contribution in [1.29, 1.82) is 0 Å². The molecule has 0 atom stereocenters. The molecule has 0 aromatic rings. The number of hydrogen-bond donors (Lipinski definition) is 0. The predicted octanol–water partition coefficient (Wildman–Crippen LogP) is 2.94. The van der Waals surface area contributed by atoms with Gasteiger partial charge in [-0.1, -0.05) is 6.42 Å². The molecule has 2 fully saturated rings. The van der Waals surface area contributed by atoms with Crippen LogP contribution >= 0.6 is 0 Å². The van der Waals surface area contributed by atoms with E-state index in [0.29, 0.717) is 0 Å². The molecule has 1 heteroatoms. The molecule has 0 aromatic heterocycles. The molecule has 2 aliphatic carbocycles. The van der Waals surface area contributed by atoms with E-state index in [0.717, 1.165) is 6.04 Å². The van der Waals surface area contributed by atoms with E-state index in [4.69, 9.17) is 4.99 Å². The molecule has 0 aliphatic heterocycles. The van der Waals surface area contributed by atoms with E-state index in [9.17, 15) is 0 Å². The lowest BCUT2D eigenvalue weighted by Crippen LogP contribution is -2.18. The Kier molecular flexibility index (Phi) is 2.25. The molecule has 0 N–H and O–H groups in total. The zero-order valence-electron chi connectivity index (χ0n) is 7.18. The van der Waals surface area contributed by atoms with Gasteiger partial charge >= 0.3 is 0 Å². The highest BCUT2D eigenvalue weighted by Gasteiger charge is 2.17. The molecule has 2 rings (SSSR count). The van der Waals surface area contributed by atoms with E-state index in [2.05, 4.69) is 0 Å². The molecule has 11 heavy (non-hydrogen) atoms. The summed E-state index contributed by atoms with van der Waals surface area (Å²) in [4.78, 5) is 4.76. The average molecular weight is 151 g/mol. The second-order valence-electron chi connectivity index (χ2n) is 3.84. The maximum absolute atomic E-state index is 4.76. The molecular formula is C10H17N. The zero-order valence-corrected chi connectivity index (χ0v) is 7.18. The first kappa shape index (κ1) is 7.33. The number of aliphatic imine (C=N–C) groups is 1. The lowest BCUT2D eigenvalue weighted by atomic mass is 9.92. The molecule has 0 amide bonds. The molecule has 0 saturated heterocycles. The topological polar surface area (TPSA) is 12.4 Å². The minimum absolute atomic E-state index is 0.739. The summed E-state index contributed by atoms with van der Waals surface area (Å²) in [6.45, 7) is 0. The molecule has 0 bridgehead atoms. The van der Waals surface area contributed by atoms with Crippen LogP contribution in [0.1, 0.15) is 51.4 Å². The Morgan fingerprint density at radius 2 is 1.64 bits per heavy atom. The molecule has 0 unspecified atom stereocenters. The summed E-state index contributed by atoms with van der Waals surface area (Å²) in [6.07, 6.45) is 11.0. The highest BCUT2D eigenvalue weighted by atomic mass is 14.8. The second-order valence-corrected chi connectivity index (χ2v) is 3.84. The second kappa shape index (κ2) is 3.38. The van der Waals surface area contributed by atoms with Gasteiger partial charge in [-0.05, 0) is 44.9 Å². The lowest BCUT2D eigenvalue weighted by Gasteiger charge is -2.23. The standard InChI is InChI=1S/C10H17N/c1-2-5-9(6-3-1)11-10-7-4-8-10/h10H,1-8H2. The van der Waals surface area contributed by atoms with Gasteiger partial charge in [0.2, 0.25) is 0 Å². The monoisotopic (exact) mass is 151 g/mol. The fourth-order valence-electron chi connectivity index (χ4n) is 1.86. The van der Waals surface area contributed by atoms with Gasteiger partial charge in [-0.3, -0.25) is 4.99 Å². The van der Waals surface area contributed by atoms with Crippen molar-refractivity contribution in [2.45, 2.75) is 57.4 Å². The Morgan fingerprint density at radius 3 is 2.18 bits per heavy atom. The van der Waals surface area contributed by atoms with Crippen LogP contribution in [0.4, 0.5) is 0 Å². The van der Waals surface area contributed by atoms with E-state index < -0.39 is 0 Å². The highest BCUT2D eigenvalue weighted by Crippen LogP contribution is 2.24. The van der Waals surface area contributed by atoms with Crippen molar-refractivity contribution in [3.8, 4) is 0 Å². The van der Waals surface area contributed by atoms with Crippen LogP contribution < -0.4 is 0 Å². The Labute approximate surface area is 68.9 Å². The Morgan fingerprint density at radius 1 is 0.909 bits per heavy atom. The van der Waals surface area contributed by atoms with Gasteiger partial charge in [-0.15, -0.1) is 0 Å². The van der Waals surface area contributed by atoms with E-state index in [1.165, 1.54) is 57.1 Å². The first-order valence-electron chi connectivity index (χ1n) is 5.01. The minimum atomic E-state index is 0.739. The summed E-state index contributed by atoms with van der Waals surface area (Å²) in [5.74, 6) is 0. The van der Waals surface area contributed by atoms with Gasteiger partial charge in [0.25, 0.3) is 0 Å². The van der Waals surface area contributed by atoms with Gasteiger partial charge in [0.1, 0.15) is 0 Å². The van der Waals surface area contributed by atoms with Crippen molar-refractivity contribution in [1.82, 2.24) is 0 Å².